The molecule has 2 heterocycles. The molecule has 0 aliphatic carbocycles. The topological polar surface area (TPSA) is 42.1 Å². The Balaban J connectivity index is 1.75. The first kappa shape index (κ1) is 12.6. The number of aromatic nitrogens is 1. The van der Waals surface area contributed by atoms with E-state index in [-0.39, 0.29) is 0 Å². The quantitative estimate of drug-likeness (QED) is 0.931. The first-order valence-corrected chi connectivity index (χ1v) is 7.66. The molecule has 19 heavy (non-hydrogen) atoms. The highest BCUT2D eigenvalue weighted by Crippen LogP contribution is 2.28. The summed E-state index contributed by atoms with van der Waals surface area (Å²) in [6.07, 6.45) is 3.12. The first-order chi connectivity index (χ1) is 9.36. The summed E-state index contributed by atoms with van der Waals surface area (Å²) in [6, 6.07) is 10.6. The molecule has 1 aromatic heterocycles. The third-order valence-corrected chi connectivity index (χ3v) is 4.63. The van der Waals surface area contributed by atoms with Gasteiger partial charge in [0, 0.05) is 30.0 Å². The molecule has 0 fully saturated rings. The van der Waals surface area contributed by atoms with E-state index in [0.717, 1.165) is 38.9 Å². The standard InChI is InChI=1S/C15H19N3S/c16-9-4-7-15-17-13-8-10-18(11-14(13)19-15)12-5-2-1-3-6-12/h1-3,5-6H,4,7-11,16H2. The number of hydrogen-bond acceptors (Lipinski definition) is 4. The lowest BCUT2D eigenvalue weighted by atomic mass is 10.1. The van der Waals surface area contributed by atoms with E-state index in [1.54, 1.807) is 0 Å². The van der Waals surface area contributed by atoms with Crippen molar-refractivity contribution in [2.45, 2.75) is 25.8 Å². The fourth-order valence-electron chi connectivity index (χ4n) is 2.47. The van der Waals surface area contributed by atoms with E-state index < -0.39 is 0 Å². The van der Waals surface area contributed by atoms with Crippen molar-refractivity contribution in [1.82, 2.24) is 4.98 Å². The summed E-state index contributed by atoms with van der Waals surface area (Å²) in [5.74, 6) is 0. The highest BCUT2D eigenvalue weighted by atomic mass is 32.1. The van der Waals surface area contributed by atoms with E-state index in [2.05, 4.69) is 35.2 Å². The Hall–Kier alpha value is -1.39. The van der Waals surface area contributed by atoms with Gasteiger partial charge in [-0.2, -0.15) is 0 Å². The molecule has 0 unspecified atom stereocenters. The summed E-state index contributed by atoms with van der Waals surface area (Å²) in [6.45, 7) is 2.82. The first-order valence-electron chi connectivity index (χ1n) is 6.84. The third-order valence-electron chi connectivity index (χ3n) is 3.49. The molecule has 1 aliphatic heterocycles. The number of thiazole rings is 1. The monoisotopic (exact) mass is 273 g/mol. The van der Waals surface area contributed by atoms with Crippen molar-refractivity contribution in [3.8, 4) is 0 Å². The zero-order chi connectivity index (χ0) is 13.1. The van der Waals surface area contributed by atoms with Gasteiger partial charge in [-0.1, -0.05) is 18.2 Å². The SMILES string of the molecule is NCCCc1nc2c(s1)CN(c1ccccc1)CC2. The number of benzene rings is 1. The maximum absolute atomic E-state index is 5.57. The summed E-state index contributed by atoms with van der Waals surface area (Å²) < 4.78 is 0. The van der Waals surface area contributed by atoms with Gasteiger partial charge in [0.15, 0.2) is 0 Å². The number of hydrogen-bond donors (Lipinski definition) is 1. The molecule has 0 bridgehead atoms. The Morgan fingerprint density at radius 3 is 2.89 bits per heavy atom. The summed E-state index contributed by atoms with van der Waals surface area (Å²) in [4.78, 5) is 8.62. The van der Waals surface area contributed by atoms with Crippen LogP contribution in [0.5, 0.6) is 0 Å². The Bertz CT molecular complexity index is 536. The summed E-state index contributed by atoms with van der Waals surface area (Å²) in [5, 5.41) is 1.25. The molecule has 0 spiro atoms. The number of para-hydroxylation sites is 1. The van der Waals surface area contributed by atoms with Crippen LogP contribution in [0.3, 0.4) is 0 Å². The van der Waals surface area contributed by atoms with Crippen molar-refractivity contribution in [2.75, 3.05) is 18.0 Å². The van der Waals surface area contributed by atoms with Crippen LogP contribution in [0.2, 0.25) is 0 Å². The molecule has 3 nitrogen and oxygen atoms in total. The van der Waals surface area contributed by atoms with Crippen molar-refractivity contribution in [3.63, 3.8) is 0 Å². The molecular formula is C15H19N3S. The van der Waals surface area contributed by atoms with Crippen molar-refractivity contribution in [2.24, 2.45) is 5.73 Å². The lowest BCUT2D eigenvalue weighted by Gasteiger charge is -2.28. The van der Waals surface area contributed by atoms with Crippen LogP contribution >= 0.6 is 11.3 Å². The van der Waals surface area contributed by atoms with Crippen molar-refractivity contribution >= 4 is 17.0 Å². The Kier molecular flexibility index (Phi) is 3.80. The molecule has 1 aliphatic rings. The summed E-state index contributed by atoms with van der Waals surface area (Å²) in [5.41, 5.74) is 8.18. The van der Waals surface area contributed by atoms with Gasteiger partial charge < -0.3 is 10.6 Å². The maximum atomic E-state index is 5.57. The molecule has 0 radical (unpaired) electrons. The Morgan fingerprint density at radius 1 is 1.26 bits per heavy atom. The second-order valence-electron chi connectivity index (χ2n) is 4.88. The van der Waals surface area contributed by atoms with Crippen LogP contribution in [-0.2, 0) is 19.4 Å². The van der Waals surface area contributed by atoms with E-state index in [0.29, 0.717) is 0 Å². The fourth-order valence-corrected chi connectivity index (χ4v) is 3.64. The van der Waals surface area contributed by atoms with Gasteiger partial charge in [0.05, 0.1) is 17.2 Å². The van der Waals surface area contributed by atoms with Crippen LogP contribution in [0.25, 0.3) is 0 Å². The minimum atomic E-state index is 0.750. The van der Waals surface area contributed by atoms with Gasteiger partial charge >= 0.3 is 0 Å². The summed E-state index contributed by atoms with van der Waals surface area (Å²) >= 11 is 1.87. The zero-order valence-corrected chi connectivity index (χ0v) is 11.8. The molecule has 3 rings (SSSR count). The molecule has 0 atom stereocenters. The molecule has 0 amide bonds. The van der Waals surface area contributed by atoms with Crippen LogP contribution < -0.4 is 10.6 Å². The number of anilines is 1. The minimum absolute atomic E-state index is 0.750. The third kappa shape index (κ3) is 2.80. The molecule has 0 saturated carbocycles. The predicted octanol–water partition coefficient (Wildman–Crippen LogP) is 2.60. The van der Waals surface area contributed by atoms with Gasteiger partial charge in [0.1, 0.15) is 0 Å². The van der Waals surface area contributed by atoms with Gasteiger partial charge in [-0.25, -0.2) is 4.98 Å². The zero-order valence-electron chi connectivity index (χ0n) is 11.0. The highest BCUT2D eigenvalue weighted by molar-refractivity contribution is 7.11. The lowest BCUT2D eigenvalue weighted by Crippen LogP contribution is -2.29. The lowest BCUT2D eigenvalue weighted by molar-refractivity contribution is 0.724. The Morgan fingerprint density at radius 2 is 2.11 bits per heavy atom. The molecule has 1 aromatic carbocycles. The average Bonchev–Trinajstić information content (AvgIpc) is 2.87. The number of fused-ring (bicyclic) bond motifs is 1. The van der Waals surface area contributed by atoms with Gasteiger partial charge in [-0.15, -0.1) is 11.3 Å². The molecule has 0 saturated heterocycles. The molecular weight excluding hydrogens is 254 g/mol. The number of nitrogens with two attached hydrogens (primary N) is 1. The normalized spacial score (nSPS) is 14.5. The van der Waals surface area contributed by atoms with Crippen LogP contribution in [0.1, 0.15) is 22.0 Å². The number of nitrogens with zero attached hydrogens (tertiary/aromatic N) is 2. The average molecular weight is 273 g/mol. The number of aryl methyl sites for hydroxylation is 1. The van der Waals surface area contributed by atoms with E-state index in [1.807, 2.05) is 11.3 Å². The van der Waals surface area contributed by atoms with E-state index in [9.17, 15) is 0 Å². The predicted molar refractivity (Wildman–Crippen MR) is 80.7 cm³/mol. The van der Waals surface area contributed by atoms with E-state index in [4.69, 9.17) is 10.7 Å². The fraction of sp³-hybridized carbons (Fsp3) is 0.400. The van der Waals surface area contributed by atoms with Gasteiger partial charge in [0.25, 0.3) is 0 Å². The molecule has 4 heteroatoms. The van der Waals surface area contributed by atoms with E-state index in [1.165, 1.54) is 21.3 Å². The minimum Gasteiger partial charge on any atom is -0.366 e. The largest absolute Gasteiger partial charge is 0.366 e. The van der Waals surface area contributed by atoms with Crippen molar-refractivity contribution in [3.05, 3.63) is 45.9 Å². The highest BCUT2D eigenvalue weighted by Gasteiger charge is 2.20. The smallest absolute Gasteiger partial charge is 0.0932 e. The van der Waals surface area contributed by atoms with Crippen LogP contribution in [0.15, 0.2) is 30.3 Å². The molecule has 100 valence electrons. The Labute approximate surface area is 118 Å². The van der Waals surface area contributed by atoms with Crippen LogP contribution in [-0.4, -0.2) is 18.1 Å². The van der Waals surface area contributed by atoms with Gasteiger partial charge in [-0.05, 0) is 25.1 Å². The number of rotatable bonds is 4. The van der Waals surface area contributed by atoms with Crippen molar-refractivity contribution < 1.29 is 0 Å². The molecule has 2 N–H and O–H groups in total. The van der Waals surface area contributed by atoms with Crippen molar-refractivity contribution in [1.29, 1.82) is 0 Å². The second kappa shape index (κ2) is 5.72. The maximum Gasteiger partial charge on any atom is 0.0932 e. The summed E-state index contributed by atoms with van der Waals surface area (Å²) in [7, 11) is 0. The van der Waals surface area contributed by atoms with Crippen LogP contribution in [0.4, 0.5) is 5.69 Å². The van der Waals surface area contributed by atoms with Crippen LogP contribution in [0, 0.1) is 0 Å². The second-order valence-corrected chi connectivity index (χ2v) is 6.04. The van der Waals surface area contributed by atoms with Gasteiger partial charge in [-0.3, -0.25) is 0 Å². The van der Waals surface area contributed by atoms with E-state index >= 15 is 0 Å². The van der Waals surface area contributed by atoms with Gasteiger partial charge in [0.2, 0.25) is 0 Å². The molecule has 2 aromatic rings.